The largest absolute Gasteiger partial charge is 0.478 e. The number of amides is 1. The third kappa shape index (κ3) is 2.48. The second-order valence-electron chi connectivity index (χ2n) is 3.54. The second kappa shape index (κ2) is 4.61. The molecule has 1 amide bonds. The maximum atomic E-state index is 11.4. The highest BCUT2D eigenvalue weighted by Crippen LogP contribution is 2.19. The van der Waals surface area contributed by atoms with Gasteiger partial charge in [0.25, 0.3) is 5.91 Å². The van der Waals surface area contributed by atoms with E-state index in [1.54, 1.807) is 32.0 Å². The van der Waals surface area contributed by atoms with Gasteiger partial charge in [0.1, 0.15) is 0 Å². The summed E-state index contributed by atoms with van der Waals surface area (Å²) in [6, 6.07) is 4.92. The maximum Gasteiger partial charge on any atom is 0.338 e. The third-order valence-corrected chi connectivity index (χ3v) is 2.12. The summed E-state index contributed by atoms with van der Waals surface area (Å²) in [5.41, 5.74) is 1.34. The number of carbonyl (C=O) groups excluding carboxylic acids is 1. The smallest absolute Gasteiger partial charge is 0.338 e. The zero-order chi connectivity index (χ0) is 12.3. The minimum Gasteiger partial charge on any atom is -0.478 e. The van der Waals surface area contributed by atoms with Crippen molar-refractivity contribution in [3.05, 3.63) is 41.5 Å². The molecule has 1 aromatic carbocycles. The first-order chi connectivity index (χ1) is 7.43. The van der Waals surface area contributed by atoms with E-state index >= 15 is 0 Å². The lowest BCUT2D eigenvalue weighted by Crippen LogP contribution is -2.15. The Labute approximate surface area is 93.6 Å². The van der Waals surface area contributed by atoms with Crippen LogP contribution < -0.4 is 5.32 Å². The molecule has 4 nitrogen and oxygen atoms in total. The van der Waals surface area contributed by atoms with Crippen LogP contribution in [0.4, 0.5) is 5.69 Å². The summed E-state index contributed by atoms with van der Waals surface area (Å²) < 4.78 is 0. The minimum absolute atomic E-state index is 0.108. The van der Waals surface area contributed by atoms with Crippen molar-refractivity contribution in [3.63, 3.8) is 0 Å². The number of aromatic carboxylic acids is 1. The second-order valence-corrected chi connectivity index (χ2v) is 3.54. The van der Waals surface area contributed by atoms with Gasteiger partial charge in [-0.3, -0.25) is 4.79 Å². The molecule has 0 spiro atoms. The summed E-state index contributed by atoms with van der Waals surface area (Å²) >= 11 is 0. The molecule has 4 heteroatoms. The number of nitrogens with one attached hydrogen (secondary N) is 1. The predicted octanol–water partition coefficient (Wildman–Crippen LogP) is 2.21. The molecule has 0 fully saturated rings. The molecular formula is C12H13NO3. The van der Waals surface area contributed by atoms with E-state index in [0.29, 0.717) is 16.8 Å². The first kappa shape index (κ1) is 12.0. The van der Waals surface area contributed by atoms with E-state index in [4.69, 9.17) is 5.11 Å². The van der Waals surface area contributed by atoms with E-state index in [1.807, 2.05) is 0 Å². The summed E-state index contributed by atoms with van der Waals surface area (Å²) in [5.74, 6) is -1.44. The van der Waals surface area contributed by atoms with Crippen molar-refractivity contribution in [1.29, 1.82) is 0 Å². The summed E-state index contributed by atoms with van der Waals surface area (Å²) in [6.07, 6.45) is 0. The van der Waals surface area contributed by atoms with E-state index < -0.39 is 5.97 Å². The lowest BCUT2D eigenvalue weighted by molar-refractivity contribution is -0.112. The monoisotopic (exact) mass is 219 g/mol. The van der Waals surface area contributed by atoms with Crippen LogP contribution in [0.25, 0.3) is 0 Å². The first-order valence-corrected chi connectivity index (χ1v) is 4.73. The normalized spacial score (nSPS) is 9.62. The standard InChI is InChI=1S/C12H13NO3/c1-7(2)11(14)13-9-6-4-5-8(3)10(9)12(15)16/h4-6H,1H2,2-3H3,(H,13,14)(H,15,16). The Hall–Kier alpha value is -2.10. The first-order valence-electron chi connectivity index (χ1n) is 4.73. The van der Waals surface area contributed by atoms with Gasteiger partial charge in [0.15, 0.2) is 0 Å². The third-order valence-electron chi connectivity index (χ3n) is 2.12. The van der Waals surface area contributed by atoms with E-state index in [9.17, 15) is 9.59 Å². The van der Waals surface area contributed by atoms with Crippen molar-refractivity contribution in [2.75, 3.05) is 5.32 Å². The van der Waals surface area contributed by atoms with Crippen LogP contribution in [0.2, 0.25) is 0 Å². The highest BCUT2D eigenvalue weighted by atomic mass is 16.4. The highest BCUT2D eigenvalue weighted by molar-refractivity contribution is 6.07. The van der Waals surface area contributed by atoms with Crippen LogP contribution in [0.5, 0.6) is 0 Å². The van der Waals surface area contributed by atoms with Crippen LogP contribution in [0.15, 0.2) is 30.4 Å². The maximum absolute atomic E-state index is 11.4. The van der Waals surface area contributed by atoms with Crippen LogP contribution in [-0.2, 0) is 4.79 Å². The zero-order valence-corrected chi connectivity index (χ0v) is 9.20. The van der Waals surface area contributed by atoms with E-state index in [-0.39, 0.29) is 11.5 Å². The molecule has 0 atom stereocenters. The molecule has 0 radical (unpaired) electrons. The fourth-order valence-corrected chi connectivity index (χ4v) is 1.28. The highest BCUT2D eigenvalue weighted by Gasteiger charge is 2.14. The van der Waals surface area contributed by atoms with Crippen LogP contribution in [0.3, 0.4) is 0 Å². The molecule has 2 N–H and O–H groups in total. The van der Waals surface area contributed by atoms with Crippen LogP contribution in [-0.4, -0.2) is 17.0 Å². The Morgan fingerprint density at radius 1 is 1.38 bits per heavy atom. The van der Waals surface area contributed by atoms with E-state index in [0.717, 1.165) is 0 Å². The minimum atomic E-state index is -1.06. The molecule has 0 aromatic heterocycles. The summed E-state index contributed by atoms with van der Waals surface area (Å²) in [7, 11) is 0. The number of aryl methyl sites for hydroxylation is 1. The van der Waals surface area contributed by atoms with Crippen molar-refractivity contribution in [2.45, 2.75) is 13.8 Å². The van der Waals surface area contributed by atoms with Gasteiger partial charge in [-0.2, -0.15) is 0 Å². The number of benzene rings is 1. The van der Waals surface area contributed by atoms with Gasteiger partial charge < -0.3 is 10.4 Å². The summed E-state index contributed by atoms with van der Waals surface area (Å²) in [5, 5.41) is 11.5. The topological polar surface area (TPSA) is 66.4 Å². The summed E-state index contributed by atoms with van der Waals surface area (Å²) in [6.45, 7) is 6.73. The van der Waals surface area contributed by atoms with Gasteiger partial charge in [0.05, 0.1) is 11.3 Å². The van der Waals surface area contributed by atoms with Gasteiger partial charge >= 0.3 is 5.97 Å². The molecule has 84 valence electrons. The zero-order valence-electron chi connectivity index (χ0n) is 9.20. The number of anilines is 1. The lowest BCUT2D eigenvalue weighted by atomic mass is 10.1. The van der Waals surface area contributed by atoms with Gasteiger partial charge in [0.2, 0.25) is 0 Å². The molecule has 0 saturated carbocycles. The predicted molar refractivity (Wildman–Crippen MR) is 61.6 cm³/mol. The van der Waals surface area contributed by atoms with Crippen molar-refractivity contribution < 1.29 is 14.7 Å². The molecule has 0 aliphatic rings. The van der Waals surface area contributed by atoms with E-state index in [1.165, 1.54) is 0 Å². The van der Waals surface area contributed by atoms with Crippen molar-refractivity contribution in [1.82, 2.24) is 0 Å². The van der Waals surface area contributed by atoms with Gasteiger partial charge in [-0.1, -0.05) is 18.7 Å². The molecule has 0 heterocycles. The number of hydrogen-bond acceptors (Lipinski definition) is 2. The molecular weight excluding hydrogens is 206 g/mol. The fraction of sp³-hybridized carbons (Fsp3) is 0.167. The number of carboxylic acids is 1. The van der Waals surface area contributed by atoms with E-state index in [2.05, 4.69) is 11.9 Å². The van der Waals surface area contributed by atoms with Crippen molar-refractivity contribution >= 4 is 17.6 Å². The van der Waals surface area contributed by atoms with Gasteiger partial charge in [-0.15, -0.1) is 0 Å². The van der Waals surface area contributed by atoms with Crippen LogP contribution in [0.1, 0.15) is 22.8 Å². The Morgan fingerprint density at radius 2 is 2.00 bits per heavy atom. The molecule has 1 aromatic rings. The molecule has 0 unspecified atom stereocenters. The fourth-order valence-electron chi connectivity index (χ4n) is 1.28. The molecule has 0 saturated heterocycles. The Morgan fingerprint density at radius 3 is 2.50 bits per heavy atom. The number of rotatable bonds is 3. The Balaban J connectivity index is 3.14. The van der Waals surface area contributed by atoms with Crippen LogP contribution >= 0.6 is 0 Å². The molecule has 1 rings (SSSR count). The summed E-state index contributed by atoms with van der Waals surface area (Å²) in [4.78, 5) is 22.4. The Bertz CT molecular complexity index is 463. The quantitative estimate of drug-likeness (QED) is 0.766. The van der Waals surface area contributed by atoms with Crippen LogP contribution in [0, 0.1) is 6.92 Å². The average molecular weight is 219 g/mol. The van der Waals surface area contributed by atoms with Gasteiger partial charge in [-0.25, -0.2) is 4.79 Å². The SMILES string of the molecule is C=C(C)C(=O)Nc1cccc(C)c1C(=O)O. The molecule has 0 aliphatic heterocycles. The number of carbonyl (C=O) groups is 2. The van der Waals surface area contributed by atoms with Crippen molar-refractivity contribution in [2.24, 2.45) is 0 Å². The Kier molecular flexibility index (Phi) is 3.45. The average Bonchev–Trinajstić information content (AvgIpc) is 2.16. The van der Waals surface area contributed by atoms with Crippen molar-refractivity contribution in [3.8, 4) is 0 Å². The lowest BCUT2D eigenvalue weighted by Gasteiger charge is -2.10. The van der Waals surface area contributed by atoms with Gasteiger partial charge in [-0.05, 0) is 25.5 Å². The number of hydrogen-bond donors (Lipinski definition) is 2. The molecule has 0 aliphatic carbocycles. The van der Waals surface area contributed by atoms with Gasteiger partial charge in [0, 0.05) is 5.57 Å². The molecule has 16 heavy (non-hydrogen) atoms. The molecule has 0 bridgehead atoms. The number of carboxylic acid groups (broad SMARTS) is 1.